The van der Waals surface area contributed by atoms with E-state index in [0.29, 0.717) is 5.41 Å². The van der Waals surface area contributed by atoms with E-state index in [-0.39, 0.29) is 5.91 Å². The summed E-state index contributed by atoms with van der Waals surface area (Å²) in [6.07, 6.45) is 6.60. The monoisotopic (exact) mass is 196 g/mol. The van der Waals surface area contributed by atoms with Crippen molar-refractivity contribution in [2.75, 3.05) is 6.54 Å². The predicted molar refractivity (Wildman–Crippen MR) is 55.7 cm³/mol. The second kappa shape index (κ2) is 3.23. The van der Waals surface area contributed by atoms with Crippen LogP contribution < -0.4 is 11.1 Å². The molecule has 14 heavy (non-hydrogen) atoms. The lowest BCUT2D eigenvalue weighted by molar-refractivity contribution is -0.130. The van der Waals surface area contributed by atoms with Crippen LogP contribution in [0.5, 0.6) is 0 Å². The first-order valence-corrected chi connectivity index (χ1v) is 5.61. The minimum atomic E-state index is -0.528. The molecule has 2 rings (SSSR count). The standard InChI is InChI=1S/C11H20N2O/c1-10(4-2-5-10)8-13-9(14)11(12)6-3-7-11/h2-8,12H2,1H3,(H,13,14). The lowest BCUT2D eigenvalue weighted by Gasteiger charge is -2.41. The minimum absolute atomic E-state index is 0.0666. The Morgan fingerprint density at radius 2 is 1.86 bits per heavy atom. The van der Waals surface area contributed by atoms with E-state index >= 15 is 0 Å². The van der Waals surface area contributed by atoms with Crippen molar-refractivity contribution in [3.63, 3.8) is 0 Å². The largest absolute Gasteiger partial charge is 0.354 e. The van der Waals surface area contributed by atoms with Crippen LogP contribution in [-0.2, 0) is 4.79 Å². The maximum absolute atomic E-state index is 11.7. The average Bonchev–Trinajstić information content (AvgIpc) is 2.07. The Balaban J connectivity index is 1.77. The van der Waals surface area contributed by atoms with E-state index in [0.717, 1.165) is 25.8 Å². The van der Waals surface area contributed by atoms with Gasteiger partial charge in [-0.05, 0) is 37.5 Å². The second-order valence-corrected chi connectivity index (χ2v) is 5.36. The van der Waals surface area contributed by atoms with Crippen LogP contribution in [-0.4, -0.2) is 18.0 Å². The average molecular weight is 196 g/mol. The summed E-state index contributed by atoms with van der Waals surface area (Å²) in [6, 6.07) is 0. The zero-order chi connectivity index (χ0) is 10.2. The molecule has 0 aromatic rings. The molecule has 0 spiro atoms. The van der Waals surface area contributed by atoms with Gasteiger partial charge in [0.05, 0.1) is 5.54 Å². The van der Waals surface area contributed by atoms with Gasteiger partial charge in [-0.2, -0.15) is 0 Å². The van der Waals surface area contributed by atoms with Crippen molar-refractivity contribution >= 4 is 5.91 Å². The SMILES string of the molecule is CC1(CNC(=O)C2(N)CCC2)CCC1. The number of carbonyl (C=O) groups is 1. The molecule has 3 N–H and O–H groups in total. The molecule has 0 bridgehead atoms. The zero-order valence-corrected chi connectivity index (χ0v) is 8.94. The number of hydrogen-bond acceptors (Lipinski definition) is 2. The number of nitrogens with two attached hydrogens (primary N) is 1. The molecule has 0 heterocycles. The normalized spacial score (nSPS) is 27.3. The second-order valence-electron chi connectivity index (χ2n) is 5.36. The Kier molecular flexibility index (Phi) is 2.30. The van der Waals surface area contributed by atoms with Crippen LogP contribution in [0, 0.1) is 5.41 Å². The molecule has 2 aliphatic rings. The third-order valence-electron chi connectivity index (χ3n) is 3.93. The Morgan fingerprint density at radius 3 is 2.21 bits per heavy atom. The number of nitrogens with one attached hydrogen (secondary N) is 1. The summed E-state index contributed by atoms with van der Waals surface area (Å²) in [5.74, 6) is 0.0666. The van der Waals surface area contributed by atoms with E-state index < -0.39 is 5.54 Å². The molecule has 0 radical (unpaired) electrons. The van der Waals surface area contributed by atoms with Gasteiger partial charge in [-0.1, -0.05) is 13.3 Å². The summed E-state index contributed by atoms with van der Waals surface area (Å²) in [5, 5.41) is 3.00. The number of hydrogen-bond donors (Lipinski definition) is 2. The Bertz CT molecular complexity index is 242. The lowest BCUT2D eigenvalue weighted by atomic mass is 9.70. The van der Waals surface area contributed by atoms with Crippen LogP contribution in [0.25, 0.3) is 0 Å². The Labute approximate surface area is 85.4 Å². The van der Waals surface area contributed by atoms with Crippen molar-refractivity contribution in [3.05, 3.63) is 0 Å². The van der Waals surface area contributed by atoms with Gasteiger partial charge < -0.3 is 11.1 Å². The highest BCUT2D eigenvalue weighted by Crippen LogP contribution is 2.39. The minimum Gasteiger partial charge on any atom is -0.354 e. The first-order valence-electron chi connectivity index (χ1n) is 5.61. The fourth-order valence-electron chi connectivity index (χ4n) is 2.21. The van der Waals surface area contributed by atoms with E-state index in [9.17, 15) is 4.79 Å². The molecular formula is C11H20N2O. The van der Waals surface area contributed by atoms with Crippen LogP contribution in [0.4, 0.5) is 0 Å². The first kappa shape index (κ1) is 9.97. The highest BCUT2D eigenvalue weighted by Gasteiger charge is 2.41. The van der Waals surface area contributed by atoms with Crippen LogP contribution in [0.15, 0.2) is 0 Å². The smallest absolute Gasteiger partial charge is 0.240 e. The number of carbonyl (C=O) groups excluding carboxylic acids is 1. The summed E-state index contributed by atoms with van der Waals surface area (Å²) in [7, 11) is 0. The summed E-state index contributed by atoms with van der Waals surface area (Å²) in [6.45, 7) is 3.05. The predicted octanol–water partition coefficient (Wildman–Crippen LogP) is 1.17. The van der Waals surface area contributed by atoms with E-state index in [1.165, 1.54) is 19.3 Å². The van der Waals surface area contributed by atoms with E-state index in [2.05, 4.69) is 12.2 Å². The molecule has 2 saturated carbocycles. The fraction of sp³-hybridized carbons (Fsp3) is 0.909. The first-order chi connectivity index (χ1) is 6.54. The zero-order valence-electron chi connectivity index (χ0n) is 8.94. The molecule has 0 aromatic heterocycles. The lowest BCUT2D eigenvalue weighted by Crippen LogP contribution is -2.59. The van der Waals surface area contributed by atoms with Gasteiger partial charge in [0.2, 0.25) is 5.91 Å². The molecule has 3 heteroatoms. The molecule has 2 fully saturated rings. The van der Waals surface area contributed by atoms with E-state index in [1.807, 2.05) is 0 Å². The molecule has 80 valence electrons. The Morgan fingerprint density at radius 1 is 1.29 bits per heavy atom. The molecule has 1 amide bonds. The Hall–Kier alpha value is -0.570. The third kappa shape index (κ3) is 1.65. The van der Waals surface area contributed by atoms with Gasteiger partial charge >= 0.3 is 0 Å². The summed E-state index contributed by atoms with van der Waals surface area (Å²) in [5.41, 5.74) is 5.75. The fourth-order valence-corrected chi connectivity index (χ4v) is 2.21. The maximum atomic E-state index is 11.7. The summed E-state index contributed by atoms with van der Waals surface area (Å²) in [4.78, 5) is 11.7. The molecule has 0 aliphatic heterocycles. The van der Waals surface area contributed by atoms with Crippen molar-refractivity contribution < 1.29 is 4.79 Å². The van der Waals surface area contributed by atoms with Crippen molar-refractivity contribution in [2.24, 2.45) is 11.1 Å². The number of amides is 1. The van der Waals surface area contributed by atoms with Gasteiger partial charge in [-0.15, -0.1) is 0 Å². The molecule has 2 aliphatic carbocycles. The van der Waals surface area contributed by atoms with Gasteiger partial charge in [0, 0.05) is 6.54 Å². The molecule has 0 atom stereocenters. The van der Waals surface area contributed by atoms with E-state index in [1.54, 1.807) is 0 Å². The summed E-state index contributed by atoms with van der Waals surface area (Å²) < 4.78 is 0. The topological polar surface area (TPSA) is 55.1 Å². The van der Waals surface area contributed by atoms with Gasteiger partial charge in [0.1, 0.15) is 0 Å². The van der Waals surface area contributed by atoms with Gasteiger partial charge in [0.15, 0.2) is 0 Å². The van der Waals surface area contributed by atoms with Crippen molar-refractivity contribution in [1.29, 1.82) is 0 Å². The molecular weight excluding hydrogens is 176 g/mol. The maximum Gasteiger partial charge on any atom is 0.240 e. The van der Waals surface area contributed by atoms with Crippen LogP contribution in [0.3, 0.4) is 0 Å². The third-order valence-corrected chi connectivity index (χ3v) is 3.93. The molecule has 0 unspecified atom stereocenters. The quantitative estimate of drug-likeness (QED) is 0.712. The van der Waals surface area contributed by atoms with E-state index in [4.69, 9.17) is 5.73 Å². The van der Waals surface area contributed by atoms with Crippen molar-refractivity contribution in [1.82, 2.24) is 5.32 Å². The molecule has 3 nitrogen and oxygen atoms in total. The molecule has 0 aromatic carbocycles. The van der Waals surface area contributed by atoms with Gasteiger partial charge in [0.25, 0.3) is 0 Å². The van der Waals surface area contributed by atoms with Crippen LogP contribution in [0.2, 0.25) is 0 Å². The van der Waals surface area contributed by atoms with Crippen molar-refractivity contribution in [2.45, 2.75) is 51.0 Å². The number of rotatable bonds is 3. The van der Waals surface area contributed by atoms with Crippen LogP contribution >= 0.6 is 0 Å². The van der Waals surface area contributed by atoms with Crippen LogP contribution in [0.1, 0.15) is 45.4 Å². The highest BCUT2D eigenvalue weighted by atomic mass is 16.2. The molecule has 0 saturated heterocycles. The van der Waals surface area contributed by atoms with Crippen molar-refractivity contribution in [3.8, 4) is 0 Å². The van der Waals surface area contributed by atoms with Gasteiger partial charge in [-0.25, -0.2) is 0 Å². The van der Waals surface area contributed by atoms with Gasteiger partial charge in [-0.3, -0.25) is 4.79 Å². The highest BCUT2D eigenvalue weighted by molar-refractivity contribution is 5.87. The summed E-state index contributed by atoms with van der Waals surface area (Å²) >= 11 is 0.